The van der Waals surface area contributed by atoms with E-state index in [1.165, 1.54) is 19.3 Å². The summed E-state index contributed by atoms with van der Waals surface area (Å²) in [6.07, 6.45) is 5.83. The van der Waals surface area contributed by atoms with Crippen LogP contribution in [0.3, 0.4) is 0 Å². The molecule has 0 fully saturated rings. The molecule has 132 valence electrons. The maximum atomic E-state index is 9.24. The highest BCUT2D eigenvalue weighted by atomic mass is 31.2. The Balaban J connectivity index is 2.99. The topological polar surface area (TPSA) is 49.7 Å². The van der Waals surface area contributed by atoms with E-state index in [-0.39, 0.29) is 5.41 Å². The Morgan fingerprint density at radius 2 is 1.78 bits per heavy atom. The van der Waals surface area contributed by atoms with Crippen molar-refractivity contribution in [2.75, 3.05) is 0 Å². The minimum atomic E-state index is -2.38. The van der Waals surface area contributed by atoms with E-state index in [2.05, 4.69) is 40.7 Å². The summed E-state index contributed by atoms with van der Waals surface area (Å²) in [4.78, 5) is 18.5. The molecule has 0 spiro atoms. The van der Waals surface area contributed by atoms with Crippen molar-refractivity contribution in [3.8, 4) is 5.75 Å². The Kier molecular flexibility index (Phi) is 8.53. The molecule has 0 aliphatic heterocycles. The number of hydrogen-bond acceptors (Lipinski definition) is 3. The molecule has 0 heterocycles. The van der Waals surface area contributed by atoms with Gasteiger partial charge in [-0.3, -0.25) is 0 Å². The molecule has 0 aromatic heterocycles. The molecule has 1 aromatic carbocycles. The molecule has 0 bridgehead atoms. The van der Waals surface area contributed by atoms with Crippen LogP contribution >= 0.6 is 8.60 Å². The first kappa shape index (κ1) is 20.4. The van der Waals surface area contributed by atoms with Crippen molar-refractivity contribution < 1.29 is 14.3 Å². The van der Waals surface area contributed by atoms with Crippen molar-refractivity contribution in [3.05, 3.63) is 29.8 Å². The Bertz CT molecular complexity index is 454. The van der Waals surface area contributed by atoms with E-state index in [4.69, 9.17) is 4.52 Å². The minimum Gasteiger partial charge on any atom is -0.427 e. The van der Waals surface area contributed by atoms with E-state index in [0.717, 1.165) is 18.4 Å². The van der Waals surface area contributed by atoms with Crippen molar-refractivity contribution in [1.82, 2.24) is 0 Å². The summed E-state index contributed by atoms with van der Waals surface area (Å²) < 4.78 is 5.28. The van der Waals surface area contributed by atoms with Gasteiger partial charge < -0.3 is 14.3 Å². The Morgan fingerprint density at radius 1 is 1.13 bits per heavy atom. The van der Waals surface area contributed by atoms with E-state index in [0.29, 0.717) is 17.6 Å². The third kappa shape index (κ3) is 7.20. The molecule has 1 rings (SSSR count). The molecule has 4 heteroatoms. The first-order valence-corrected chi connectivity index (χ1v) is 9.87. The van der Waals surface area contributed by atoms with Crippen LogP contribution in [0.1, 0.15) is 78.2 Å². The van der Waals surface area contributed by atoms with Gasteiger partial charge in [0.1, 0.15) is 5.75 Å². The van der Waals surface area contributed by atoms with Gasteiger partial charge >= 0.3 is 8.60 Å². The standard InChI is InChI=1S/C19H33O3P/c1-6-7-8-11-16(14-15(2)19(3,4)5)17-12-9-10-13-18(17)22-23(20)21/h9-10,12-13,15-16,20-21H,6-8,11,14H2,1-5H3. The third-order valence-electron chi connectivity index (χ3n) is 4.81. The molecular formula is C19H33O3P. The summed E-state index contributed by atoms with van der Waals surface area (Å²) in [5.74, 6) is 1.58. The monoisotopic (exact) mass is 340 g/mol. The molecule has 0 saturated carbocycles. The van der Waals surface area contributed by atoms with Crippen LogP contribution in [0, 0.1) is 11.3 Å². The fourth-order valence-corrected chi connectivity index (χ4v) is 3.15. The van der Waals surface area contributed by atoms with Crippen LogP contribution in [0.5, 0.6) is 5.75 Å². The fourth-order valence-electron chi connectivity index (χ4n) is 2.81. The largest absolute Gasteiger partial charge is 0.427 e. The zero-order valence-electron chi connectivity index (χ0n) is 15.2. The number of para-hydroxylation sites is 1. The predicted octanol–water partition coefficient (Wildman–Crippen LogP) is 6.01. The normalized spacial score (nSPS) is 14.8. The highest BCUT2D eigenvalue weighted by Gasteiger charge is 2.26. The molecule has 3 nitrogen and oxygen atoms in total. The van der Waals surface area contributed by atoms with Crippen molar-refractivity contribution in [2.45, 2.75) is 72.6 Å². The SMILES string of the molecule is CCCCCC(CC(C)C(C)(C)C)c1ccccc1OP(O)O. The van der Waals surface area contributed by atoms with Crippen molar-refractivity contribution in [2.24, 2.45) is 11.3 Å². The maximum Gasteiger partial charge on any atom is 0.391 e. The molecule has 2 unspecified atom stereocenters. The van der Waals surface area contributed by atoms with Crippen LogP contribution in [0.25, 0.3) is 0 Å². The molecule has 0 aliphatic rings. The lowest BCUT2D eigenvalue weighted by Gasteiger charge is -2.31. The highest BCUT2D eigenvalue weighted by molar-refractivity contribution is 7.39. The minimum absolute atomic E-state index is 0.263. The fraction of sp³-hybridized carbons (Fsp3) is 0.684. The molecule has 23 heavy (non-hydrogen) atoms. The van der Waals surface area contributed by atoms with Gasteiger partial charge in [-0.15, -0.1) is 0 Å². The summed E-state index contributed by atoms with van der Waals surface area (Å²) >= 11 is 0. The number of unbranched alkanes of at least 4 members (excludes halogenated alkanes) is 2. The lowest BCUT2D eigenvalue weighted by atomic mass is 9.74. The number of benzene rings is 1. The van der Waals surface area contributed by atoms with Crippen LogP contribution in [0.15, 0.2) is 24.3 Å². The van der Waals surface area contributed by atoms with Gasteiger partial charge in [-0.1, -0.05) is 72.1 Å². The smallest absolute Gasteiger partial charge is 0.391 e. The van der Waals surface area contributed by atoms with E-state index in [1.54, 1.807) is 0 Å². The average molecular weight is 340 g/mol. The number of hydrogen-bond donors (Lipinski definition) is 2. The van der Waals surface area contributed by atoms with E-state index in [9.17, 15) is 9.79 Å². The molecule has 0 saturated heterocycles. The Morgan fingerprint density at radius 3 is 2.35 bits per heavy atom. The predicted molar refractivity (Wildman–Crippen MR) is 98.5 cm³/mol. The molecule has 0 radical (unpaired) electrons. The molecule has 1 aromatic rings. The molecule has 2 atom stereocenters. The van der Waals surface area contributed by atoms with Gasteiger partial charge in [0.25, 0.3) is 0 Å². The molecular weight excluding hydrogens is 307 g/mol. The first-order chi connectivity index (χ1) is 10.8. The van der Waals surface area contributed by atoms with Crippen LogP contribution in [-0.2, 0) is 0 Å². The van der Waals surface area contributed by atoms with Gasteiger partial charge in [0.05, 0.1) is 0 Å². The second-order valence-electron chi connectivity index (χ2n) is 7.58. The van der Waals surface area contributed by atoms with Crippen LogP contribution in [-0.4, -0.2) is 9.79 Å². The second kappa shape index (κ2) is 9.61. The van der Waals surface area contributed by atoms with E-state index in [1.807, 2.05) is 18.2 Å². The number of rotatable bonds is 9. The molecule has 0 aliphatic carbocycles. The van der Waals surface area contributed by atoms with Gasteiger partial charge in [-0.05, 0) is 41.7 Å². The summed E-state index contributed by atoms with van der Waals surface area (Å²) in [7, 11) is -2.38. The zero-order valence-corrected chi connectivity index (χ0v) is 16.1. The van der Waals surface area contributed by atoms with Gasteiger partial charge in [-0.2, -0.15) is 0 Å². The third-order valence-corrected chi connectivity index (χ3v) is 5.17. The average Bonchev–Trinajstić information content (AvgIpc) is 2.45. The van der Waals surface area contributed by atoms with Crippen LogP contribution in [0.4, 0.5) is 0 Å². The zero-order chi connectivity index (χ0) is 17.5. The first-order valence-electron chi connectivity index (χ1n) is 8.70. The summed E-state index contributed by atoms with van der Waals surface area (Å²) in [5.41, 5.74) is 1.37. The lowest BCUT2D eigenvalue weighted by Crippen LogP contribution is -2.20. The maximum absolute atomic E-state index is 9.24. The second-order valence-corrected chi connectivity index (χ2v) is 8.27. The van der Waals surface area contributed by atoms with Gasteiger partial charge in [-0.25, -0.2) is 0 Å². The quantitative estimate of drug-likeness (QED) is 0.427. The summed E-state index contributed by atoms with van der Waals surface area (Å²) in [6.45, 7) is 11.4. The van der Waals surface area contributed by atoms with Crippen molar-refractivity contribution >= 4 is 8.60 Å². The van der Waals surface area contributed by atoms with Crippen LogP contribution < -0.4 is 4.52 Å². The summed E-state index contributed by atoms with van der Waals surface area (Å²) in [5, 5.41) is 0. The van der Waals surface area contributed by atoms with E-state index >= 15 is 0 Å². The Hall–Kier alpha value is -0.630. The van der Waals surface area contributed by atoms with Crippen molar-refractivity contribution in [3.63, 3.8) is 0 Å². The van der Waals surface area contributed by atoms with Crippen molar-refractivity contribution in [1.29, 1.82) is 0 Å². The van der Waals surface area contributed by atoms with Crippen LogP contribution in [0.2, 0.25) is 0 Å². The highest BCUT2D eigenvalue weighted by Crippen LogP contribution is 2.42. The Labute approximate surface area is 143 Å². The van der Waals surface area contributed by atoms with Gasteiger partial charge in [0, 0.05) is 0 Å². The molecule has 0 amide bonds. The van der Waals surface area contributed by atoms with E-state index < -0.39 is 8.60 Å². The van der Waals surface area contributed by atoms with Gasteiger partial charge in [0.15, 0.2) is 0 Å². The van der Waals surface area contributed by atoms with Gasteiger partial charge in [0.2, 0.25) is 0 Å². The molecule has 2 N–H and O–H groups in total. The lowest BCUT2D eigenvalue weighted by molar-refractivity contribution is 0.228. The summed E-state index contributed by atoms with van der Waals surface area (Å²) in [6, 6.07) is 7.80.